The minimum absolute atomic E-state index is 0.204. The maximum Gasteiger partial charge on any atom is 0.311 e. The van der Waals surface area contributed by atoms with Gasteiger partial charge in [0.15, 0.2) is 0 Å². The summed E-state index contributed by atoms with van der Waals surface area (Å²) in [4.78, 5) is 42.2. The number of anilines is 1. The monoisotopic (exact) mass is 468 g/mol. The van der Waals surface area contributed by atoms with E-state index in [1.165, 1.54) is 7.11 Å². The van der Waals surface area contributed by atoms with Crippen molar-refractivity contribution in [2.45, 2.75) is 31.3 Å². The third-order valence-electron chi connectivity index (χ3n) is 7.36. The van der Waals surface area contributed by atoms with Crippen molar-refractivity contribution in [1.82, 2.24) is 5.32 Å². The van der Waals surface area contributed by atoms with Gasteiger partial charge in [-0.3, -0.25) is 14.4 Å². The molecule has 1 aliphatic carbocycles. The van der Waals surface area contributed by atoms with Gasteiger partial charge in [0.1, 0.15) is 5.54 Å². The predicted octanol–water partition coefficient (Wildman–Crippen LogP) is 4.10. The Kier molecular flexibility index (Phi) is 5.67. The van der Waals surface area contributed by atoms with Crippen LogP contribution in [0.5, 0.6) is 0 Å². The first-order valence-corrected chi connectivity index (χ1v) is 11.8. The van der Waals surface area contributed by atoms with Crippen molar-refractivity contribution in [3.63, 3.8) is 0 Å². The lowest BCUT2D eigenvalue weighted by molar-refractivity contribution is -0.142. The largest absolute Gasteiger partial charge is 0.469 e. The van der Waals surface area contributed by atoms with E-state index in [4.69, 9.17) is 4.74 Å². The summed E-state index contributed by atoms with van der Waals surface area (Å²) in [6, 6.07) is 25.8. The molecule has 5 rings (SSSR count). The summed E-state index contributed by atoms with van der Waals surface area (Å²) < 4.78 is 5.14. The first-order chi connectivity index (χ1) is 16.9. The van der Waals surface area contributed by atoms with E-state index >= 15 is 0 Å². The molecule has 1 heterocycles. The molecule has 178 valence electrons. The Morgan fingerprint density at radius 3 is 2.11 bits per heavy atom. The van der Waals surface area contributed by atoms with Gasteiger partial charge in [0.05, 0.1) is 19.1 Å². The van der Waals surface area contributed by atoms with Gasteiger partial charge in [-0.2, -0.15) is 0 Å². The number of rotatable bonds is 5. The molecule has 0 radical (unpaired) electrons. The summed E-state index contributed by atoms with van der Waals surface area (Å²) in [6.07, 6.45) is 0. The van der Waals surface area contributed by atoms with Crippen LogP contribution in [0.3, 0.4) is 0 Å². The van der Waals surface area contributed by atoms with Crippen molar-refractivity contribution in [3.8, 4) is 0 Å². The number of nitrogens with one attached hydrogen (secondary N) is 1. The van der Waals surface area contributed by atoms with E-state index in [2.05, 4.69) is 5.32 Å². The molecule has 5 atom stereocenters. The summed E-state index contributed by atoms with van der Waals surface area (Å²) in [5.74, 6) is -2.01. The van der Waals surface area contributed by atoms with Crippen molar-refractivity contribution >= 4 is 23.5 Å². The maximum atomic E-state index is 14.3. The molecule has 2 fully saturated rings. The van der Waals surface area contributed by atoms with Crippen LogP contribution in [0.25, 0.3) is 0 Å². The molecular formula is C29H28N2O4. The minimum atomic E-state index is -1.29. The Morgan fingerprint density at radius 2 is 1.51 bits per heavy atom. The van der Waals surface area contributed by atoms with Crippen LogP contribution in [-0.2, 0) is 14.3 Å². The minimum Gasteiger partial charge on any atom is -0.469 e. The van der Waals surface area contributed by atoms with Crippen molar-refractivity contribution < 1.29 is 19.1 Å². The highest BCUT2D eigenvalue weighted by Gasteiger charge is 2.72. The van der Waals surface area contributed by atoms with Crippen molar-refractivity contribution in [3.05, 3.63) is 102 Å². The smallest absolute Gasteiger partial charge is 0.311 e. The van der Waals surface area contributed by atoms with Crippen LogP contribution < -0.4 is 10.2 Å². The first kappa shape index (κ1) is 22.8. The Morgan fingerprint density at radius 1 is 0.914 bits per heavy atom. The summed E-state index contributed by atoms with van der Waals surface area (Å²) in [7, 11) is 1.37. The third-order valence-corrected chi connectivity index (χ3v) is 7.36. The number of fused-ring (bicyclic) bond motifs is 1. The summed E-state index contributed by atoms with van der Waals surface area (Å²) in [5, 5.41) is 3.07. The molecule has 1 N–H and O–H groups in total. The Hall–Kier alpha value is -3.93. The van der Waals surface area contributed by atoms with E-state index in [1.54, 1.807) is 36.1 Å². The first-order valence-electron chi connectivity index (χ1n) is 11.8. The van der Waals surface area contributed by atoms with E-state index in [0.29, 0.717) is 11.3 Å². The Labute approximate surface area is 204 Å². The second-order valence-electron chi connectivity index (χ2n) is 9.54. The number of amides is 2. The molecule has 6 nitrogen and oxygen atoms in total. The molecule has 0 aromatic heterocycles. The lowest BCUT2D eigenvalue weighted by Gasteiger charge is -2.45. The fourth-order valence-corrected chi connectivity index (χ4v) is 5.63. The molecule has 35 heavy (non-hydrogen) atoms. The highest BCUT2D eigenvalue weighted by Crippen LogP contribution is 2.60. The van der Waals surface area contributed by atoms with Crippen LogP contribution in [0.2, 0.25) is 0 Å². The van der Waals surface area contributed by atoms with Gasteiger partial charge in [-0.25, -0.2) is 0 Å². The topological polar surface area (TPSA) is 75.7 Å². The zero-order valence-electron chi connectivity index (χ0n) is 20.0. The number of benzene rings is 3. The van der Waals surface area contributed by atoms with Gasteiger partial charge < -0.3 is 15.0 Å². The van der Waals surface area contributed by atoms with Gasteiger partial charge in [0.25, 0.3) is 11.8 Å². The number of ether oxygens (including phenoxy) is 1. The SMILES string of the molecule is COC(=O)[C@H]1[C@H]2[C@@H]1N(c1ccc(C)cc1)C(=O)[C@](C)(NC(=O)c1ccccc1)[C@H]2c1ccccc1. The fraction of sp³-hybridized carbons (Fsp3) is 0.276. The number of hydrogen-bond donors (Lipinski definition) is 1. The molecule has 1 saturated heterocycles. The highest BCUT2D eigenvalue weighted by molar-refractivity contribution is 6.08. The van der Waals surface area contributed by atoms with E-state index in [-0.39, 0.29) is 29.7 Å². The van der Waals surface area contributed by atoms with Crippen LogP contribution in [0.4, 0.5) is 5.69 Å². The van der Waals surface area contributed by atoms with Crippen molar-refractivity contribution in [2.75, 3.05) is 12.0 Å². The van der Waals surface area contributed by atoms with Crippen LogP contribution >= 0.6 is 0 Å². The van der Waals surface area contributed by atoms with Gasteiger partial charge in [0.2, 0.25) is 0 Å². The molecule has 1 aliphatic heterocycles. The molecular weight excluding hydrogens is 440 g/mol. The number of methoxy groups -OCH3 is 1. The average molecular weight is 469 g/mol. The summed E-state index contributed by atoms with van der Waals surface area (Å²) >= 11 is 0. The van der Waals surface area contributed by atoms with Crippen LogP contribution in [0, 0.1) is 18.8 Å². The van der Waals surface area contributed by atoms with Gasteiger partial charge in [-0.1, -0.05) is 66.2 Å². The van der Waals surface area contributed by atoms with Gasteiger partial charge in [-0.15, -0.1) is 0 Å². The Balaban J connectivity index is 1.64. The molecule has 1 saturated carbocycles. The molecule has 3 aromatic carbocycles. The number of aryl methyl sites for hydroxylation is 1. The Bertz CT molecular complexity index is 1260. The van der Waals surface area contributed by atoms with E-state index in [9.17, 15) is 14.4 Å². The molecule has 2 aliphatic rings. The average Bonchev–Trinajstić information content (AvgIpc) is 3.60. The molecule has 6 heteroatoms. The van der Waals surface area contributed by atoms with E-state index in [1.807, 2.05) is 67.6 Å². The van der Waals surface area contributed by atoms with E-state index < -0.39 is 17.4 Å². The molecule has 0 spiro atoms. The van der Waals surface area contributed by atoms with Gasteiger partial charge in [-0.05, 0) is 43.7 Å². The number of hydrogen-bond acceptors (Lipinski definition) is 4. The molecule has 3 aromatic rings. The standard InChI is InChI=1S/C29H28N2O4/c1-18-14-16-21(17-15-18)31-25-22(23(25)27(33)35-3)24(19-10-6-4-7-11-19)29(2,28(31)34)30-26(32)20-12-8-5-9-13-20/h4-17,22-25H,1-3H3,(H,30,32)/t22-,23+,24+,25+,29-/m1/s1. The van der Waals surface area contributed by atoms with Crippen LogP contribution in [0.1, 0.15) is 34.3 Å². The highest BCUT2D eigenvalue weighted by atomic mass is 16.5. The zero-order chi connectivity index (χ0) is 24.7. The van der Waals surface area contributed by atoms with Crippen LogP contribution in [0.15, 0.2) is 84.9 Å². The van der Waals surface area contributed by atoms with Crippen molar-refractivity contribution in [2.24, 2.45) is 11.8 Å². The second kappa shape index (κ2) is 8.69. The lowest BCUT2D eigenvalue weighted by atomic mass is 9.73. The third kappa shape index (κ3) is 3.79. The van der Waals surface area contributed by atoms with E-state index in [0.717, 1.165) is 11.1 Å². The summed E-state index contributed by atoms with van der Waals surface area (Å²) in [5.41, 5.74) is 1.86. The fourth-order valence-electron chi connectivity index (χ4n) is 5.63. The molecule has 0 bridgehead atoms. The number of esters is 1. The molecule has 0 unspecified atom stereocenters. The number of carbonyl (C=O) groups excluding carboxylic acids is 3. The quantitative estimate of drug-likeness (QED) is 0.572. The lowest BCUT2D eigenvalue weighted by Crippen LogP contribution is -2.65. The number of nitrogens with zero attached hydrogens (tertiary/aromatic N) is 1. The van der Waals surface area contributed by atoms with Gasteiger partial charge >= 0.3 is 5.97 Å². The number of carbonyl (C=O) groups is 3. The maximum absolute atomic E-state index is 14.3. The van der Waals surface area contributed by atoms with Gasteiger partial charge in [0, 0.05) is 23.1 Å². The second-order valence-corrected chi connectivity index (χ2v) is 9.54. The number of piperidine rings is 1. The van der Waals surface area contributed by atoms with Crippen molar-refractivity contribution in [1.29, 1.82) is 0 Å². The predicted molar refractivity (Wildman–Crippen MR) is 133 cm³/mol. The van der Waals surface area contributed by atoms with Crippen LogP contribution in [-0.4, -0.2) is 36.5 Å². The normalized spacial score (nSPS) is 27.1. The summed E-state index contributed by atoms with van der Waals surface area (Å²) in [6.45, 7) is 3.76. The zero-order valence-corrected chi connectivity index (χ0v) is 20.0. The molecule has 2 amide bonds.